The van der Waals surface area contributed by atoms with Crippen molar-refractivity contribution in [3.63, 3.8) is 0 Å². The molecule has 26 heavy (non-hydrogen) atoms. The average Bonchev–Trinajstić information content (AvgIpc) is 3.04. The highest BCUT2D eigenvalue weighted by Gasteiger charge is 2.14. The maximum atomic E-state index is 12.7. The zero-order valence-corrected chi connectivity index (χ0v) is 14.2. The number of ether oxygens (including phenoxy) is 1. The van der Waals surface area contributed by atoms with Crippen molar-refractivity contribution in [3.8, 4) is 5.75 Å². The van der Waals surface area contributed by atoms with Gasteiger partial charge >= 0.3 is 6.61 Å². The molecule has 0 unspecified atom stereocenters. The highest BCUT2D eigenvalue weighted by molar-refractivity contribution is 6.03. The van der Waals surface area contributed by atoms with Gasteiger partial charge in [0.25, 0.3) is 5.91 Å². The second-order valence-electron chi connectivity index (χ2n) is 5.82. The number of aryl methyl sites for hydroxylation is 1. The first-order valence-corrected chi connectivity index (χ1v) is 8.07. The molecule has 0 atom stereocenters. The first-order valence-electron chi connectivity index (χ1n) is 8.07. The smallest absolute Gasteiger partial charge is 0.387 e. The number of hydrogen-bond acceptors (Lipinski definition) is 2. The number of anilines is 1. The Balaban J connectivity index is 1.86. The molecule has 0 radical (unpaired) electrons. The summed E-state index contributed by atoms with van der Waals surface area (Å²) in [6.45, 7) is -2.91. The molecule has 0 spiro atoms. The molecule has 3 aromatic rings. The number of nitrogens with one attached hydrogen (secondary N) is 1. The third-order valence-electron chi connectivity index (χ3n) is 3.95. The first kappa shape index (κ1) is 17.7. The molecule has 0 bridgehead atoms. The van der Waals surface area contributed by atoms with Crippen LogP contribution in [0, 0.1) is 0 Å². The summed E-state index contributed by atoms with van der Waals surface area (Å²) in [5.41, 5.74) is 2.55. The van der Waals surface area contributed by atoms with Gasteiger partial charge in [0.05, 0.1) is 0 Å². The molecule has 2 aromatic carbocycles. The molecule has 4 nitrogen and oxygen atoms in total. The summed E-state index contributed by atoms with van der Waals surface area (Å²) in [4.78, 5) is 12.3. The maximum Gasteiger partial charge on any atom is 0.387 e. The van der Waals surface area contributed by atoms with Gasteiger partial charge in [0, 0.05) is 30.9 Å². The van der Waals surface area contributed by atoms with E-state index >= 15 is 0 Å². The highest BCUT2D eigenvalue weighted by Crippen LogP contribution is 2.27. The third-order valence-corrected chi connectivity index (χ3v) is 3.95. The molecule has 6 heteroatoms. The summed E-state index contributed by atoms with van der Waals surface area (Å²) in [6.07, 6.45) is 2.19. The Hall–Kier alpha value is -3.15. The second kappa shape index (κ2) is 7.82. The number of rotatable bonds is 6. The lowest BCUT2D eigenvalue weighted by molar-refractivity contribution is -0.0503. The molecule has 0 aliphatic rings. The van der Waals surface area contributed by atoms with Crippen LogP contribution in [0.2, 0.25) is 0 Å². The summed E-state index contributed by atoms with van der Waals surface area (Å²) in [6, 6.07) is 17.6. The predicted octanol–water partition coefficient (Wildman–Crippen LogP) is 4.47. The van der Waals surface area contributed by atoms with Crippen molar-refractivity contribution >= 4 is 11.6 Å². The lowest BCUT2D eigenvalue weighted by atomic mass is 10.0. The number of halogens is 2. The quantitative estimate of drug-likeness (QED) is 0.708. The van der Waals surface area contributed by atoms with Crippen molar-refractivity contribution in [1.29, 1.82) is 0 Å². The van der Waals surface area contributed by atoms with E-state index in [1.165, 1.54) is 6.07 Å². The fraction of sp³-hybridized carbons (Fsp3) is 0.150. The average molecular weight is 356 g/mol. The Morgan fingerprint density at radius 1 is 1.12 bits per heavy atom. The Morgan fingerprint density at radius 3 is 2.54 bits per heavy atom. The van der Waals surface area contributed by atoms with Gasteiger partial charge in [-0.3, -0.25) is 4.79 Å². The van der Waals surface area contributed by atoms with Gasteiger partial charge in [0.2, 0.25) is 0 Å². The van der Waals surface area contributed by atoms with Gasteiger partial charge in [-0.25, -0.2) is 0 Å². The largest absolute Gasteiger partial charge is 0.435 e. The molecule has 0 aliphatic heterocycles. The number of aromatic nitrogens is 1. The van der Waals surface area contributed by atoms with Crippen LogP contribution >= 0.6 is 0 Å². The maximum absolute atomic E-state index is 12.7. The van der Waals surface area contributed by atoms with Crippen LogP contribution in [0.1, 0.15) is 21.6 Å². The lowest BCUT2D eigenvalue weighted by Crippen LogP contribution is -2.15. The lowest BCUT2D eigenvalue weighted by Gasteiger charge is -2.14. The summed E-state index contributed by atoms with van der Waals surface area (Å²) in [7, 11) is 1.77. The molecule has 1 N–H and O–H groups in total. The van der Waals surface area contributed by atoms with Crippen LogP contribution in [0.5, 0.6) is 5.75 Å². The Bertz CT molecular complexity index is 892. The summed E-state index contributed by atoms with van der Waals surface area (Å²) >= 11 is 0. The second-order valence-corrected chi connectivity index (χ2v) is 5.82. The van der Waals surface area contributed by atoms with Crippen LogP contribution in [0.3, 0.4) is 0 Å². The zero-order chi connectivity index (χ0) is 18.5. The molecule has 0 aliphatic carbocycles. The normalized spacial score (nSPS) is 10.8. The van der Waals surface area contributed by atoms with Crippen molar-refractivity contribution in [1.82, 2.24) is 4.57 Å². The van der Waals surface area contributed by atoms with Crippen molar-refractivity contribution in [3.05, 3.63) is 83.7 Å². The molecular weight excluding hydrogens is 338 g/mol. The van der Waals surface area contributed by atoms with E-state index < -0.39 is 6.61 Å². The molecule has 1 aromatic heterocycles. The summed E-state index contributed by atoms with van der Waals surface area (Å²) < 4.78 is 31.7. The van der Waals surface area contributed by atoms with Crippen LogP contribution in [-0.4, -0.2) is 17.1 Å². The summed E-state index contributed by atoms with van der Waals surface area (Å²) in [5.74, 6) is -0.175. The van der Waals surface area contributed by atoms with Gasteiger partial charge in [0.1, 0.15) is 11.4 Å². The number of amides is 1. The van der Waals surface area contributed by atoms with Gasteiger partial charge in [-0.05, 0) is 35.9 Å². The van der Waals surface area contributed by atoms with Crippen LogP contribution in [0.25, 0.3) is 0 Å². The molecule has 3 rings (SSSR count). The molecule has 1 amide bonds. The topological polar surface area (TPSA) is 43.3 Å². The first-order chi connectivity index (χ1) is 12.5. The Morgan fingerprint density at radius 2 is 1.88 bits per heavy atom. The van der Waals surface area contributed by atoms with Gasteiger partial charge in [-0.15, -0.1) is 0 Å². The van der Waals surface area contributed by atoms with Gasteiger partial charge < -0.3 is 14.6 Å². The van der Waals surface area contributed by atoms with E-state index in [2.05, 4.69) is 10.1 Å². The molecule has 1 heterocycles. The molecule has 0 fully saturated rings. The molecule has 0 saturated carbocycles. The van der Waals surface area contributed by atoms with Crippen LogP contribution < -0.4 is 10.1 Å². The van der Waals surface area contributed by atoms with Gasteiger partial charge in [-0.2, -0.15) is 8.78 Å². The minimum Gasteiger partial charge on any atom is -0.435 e. The minimum atomic E-state index is -2.91. The van der Waals surface area contributed by atoms with Crippen molar-refractivity contribution in [2.75, 3.05) is 5.32 Å². The fourth-order valence-corrected chi connectivity index (χ4v) is 2.71. The Kier molecular flexibility index (Phi) is 5.31. The Labute approximate surface area is 150 Å². The van der Waals surface area contributed by atoms with Gasteiger partial charge in [-0.1, -0.05) is 30.3 Å². The SMILES string of the molecule is Cn1cccc1C(=O)Nc1ccc(OC(F)F)c(Cc2ccccc2)c1. The van der Waals surface area contributed by atoms with E-state index in [0.29, 0.717) is 23.4 Å². The molecular formula is C20H18F2N2O2. The third kappa shape index (κ3) is 4.27. The highest BCUT2D eigenvalue weighted by atomic mass is 19.3. The standard InChI is InChI=1S/C20H18F2N2O2/c1-24-11-5-8-17(24)19(25)23-16-9-10-18(26-20(21)22)15(13-16)12-14-6-3-2-4-7-14/h2-11,13,20H,12H2,1H3,(H,23,25). The van der Waals surface area contributed by atoms with Crippen LogP contribution in [0.15, 0.2) is 66.9 Å². The van der Waals surface area contributed by atoms with E-state index in [1.807, 2.05) is 30.3 Å². The van der Waals surface area contributed by atoms with Crippen LogP contribution in [0.4, 0.5) is 14.5 Å². The number of carbonyl (C=O) groups excluding carboxylic acids is 1. The number of hydrogen-bond donors (Lipinski definition) is 1. The van der Waals surface area contributed by atoms with E-state index in [4.69, 9.17) is 0 Å². The minimum absolute atomic E-state index is 0.0979. The van der Waals surface area contributed by atoms with Crippen molar-refractivity contribution < 1.29 is 18.3 Å². The molecule has 0 saturated heterocycles. The number of benzene rings is 2. The predicted molar refractivity (Wildman–Crippen MR) is 95.7 cm³/mol. The van der Waals surface area contributed by atoms with E-state index in [-0.39, 0.29) is 11.7 Å². The number of carbonyl (C=O) groups is 1. The fourth-order valence-electron chi connectivity index (χ4n) is 2.71. The monoisotopic (exact) mass is 356 g/mol. The van der Waals surface area contributed by atoms with E-state index in [0.717, 1.165) is 5.56 Å². The number of alkyl halides is 2. The van der Waals surface area contributed by atoms with Crippen LogP contribution in [-0.2, 0) is 13.5 Å². The number of nitrogens with zero attached hydrogens (tertiary/aromatic N) is 1. The van der Waals surface area contributed by atoms with E-state index in [9.17, 15) is 13.6 Å². The van der Waals surface area contributed by atoms with Crippen molar-refractivity contribution in [2.24, 2.45) is 7.05 Å². The van der Waals surface area contributed by atoms with Crippen molar-refractivity contribution in [2.45, 2.75) is 13.0 Å². The van der Waals surface area contributed by atoms with Gasteiger partial charge in [0.15, 0.2) is 0 Å². The molecule has 134 valence electrons. The van der Waals surface area contributed by atoms with E-state index in [1.54, 1.807) is 42.1 Å². The summed E-state index contributed by atoms with van der Waals surface area (Å²) in [5, 5.41) is 2.79. The zero-order valence-electron chi connectivity index (χ0n) is 14.2.